The number of aromatic nitrogens is 2. The van der Waals surface area contributed by atoms with E-state index in [1.54, 1.807) is 30.1 Å². The minimum atomic E-state index is -0.338. The Balaban J connectivity index is 1.92. The molecule has 0 atom stereocenters. The van der Waals surface area contributed by atoms with E-state index < -0.39 is 0 Å². The van der Waals surface area contributed by atoms with Crippen LogP contribution in [-0.4, -0.2) is 27.4 Å². The van der Waals surface area contributed by atoms with Crippen LogP contribution in [0.25, 0.3) is 11.0 Å². The second-order valence-electron chi connectivity index (χ2n) is 5.96. The van der Waals surface area contributed by atoms with Crippen LogP contribution in [0.1, 0.15) is 29.5 Å². The fraction of sp³-hybridized carbons (Fsp3) is 0.263. The van der Waals surface area contributed by atoms with Gasteiger partial charge in [-0.25, -0.2) is 9.37 Å². The highest BCUT2D eigenvalue weighted by atomic mass is 79.9. The Hall–Kier alpha value is -2.21. The molecule has 25 heavy (non-hydrogen) atoms. The predicted octanol–water partition coefficient (Wildman–Crippen LogP) is 4.62. The zero-order valence-electron chi connectivity index (χ0n) is 14.2. The van der Waals surface area contributed by atoms with Gasteiger partial charge in [0.1, 0.15) is 11.3 Å². The summed E-state index contributed by atoms with van der Waals surface area (Å²) in [5, 5.41) is 0. The Bertz CT molecular complexity index is 922. The lowest BCUT2D eigenvalue weighted by Gasteiger charge is -2.18. The summed E-state index contributed by atoms with van der Waals surface area (Å²) < 4.78 is 16.9. The molecular weight excluding hydrogens is 385 g/mol. The van der Waals surface area contributed by atoms with Gasteiger partial charge in [-0.2, -0.15) is 0 Å². The third-order valence-corrected chi connectivity index (χ3v) is 4.55. The highest BCUT2D eigenvalue weighted by Gasteiger charge is 2.18. The molecule has 3 aromatic rings. The molecule has 0 bridgehead atoms. The third kappa shape index (κ3) is 3.58. The van der Waals surface area contributed by atoms with Crippen molar-refractivity contribution < 1.29 is 9.18 Å². The molecule has 0 spiro atoms. The summed E-state index contributed by atoms with van der Waals surface area (Å²) in [7, 11) is 1.73. The lowest BCUT2D eigenvalue weighted by molar-refractivity contribution is 0.0780. The van der Waals surface area contributed by atoms with Gasteiger partial charge in [0.2, 0.25) is 0 Å². The normalized spacial score (nSPS) is 11.0. The van der Waals surface area contributed by atoms with Crippen LogP contribution in [0.15, 0.2) is 46.9 Å². The van der Waals surface area contributed by atoms with E-state index in [1.807, 2.05) is 22.8 Å². The molecule has 1 aromatic heterocycles. The molecule has 1 heterocycles. The van der Waals surface area contributed by atoms with Gasteiger partial charge in [0.25, 0.3) is 5.91 Å². The summed E-state index contributed by atoms with van der Waals surface area (Å²) >= 11 is 3.38. The fourth-order valence-corrected chi connectivity index (χ4v) is 3.28. The molecule has 0 unspecified atom stereocenters. The van der Waals surface area contributed by atoms with E-state index in [2.05, 4.69) is 27.8 Å². The summed E-state index contributed by atoms with van der Waals surface area (Å²) in [5.41, 5.74) is 1.72. The van der Waals surface area contributed by atoms with Crippen molar-refractivity contribution in [3.8, 4) is 0 Å². The van der Waals surface area contributed by atoms with Gasteiger partial charge in [-0.05, 0) is 36.8 Å². The molecule has 0 fully saturated rings. The standard InChI is InChI=1S/C19H19BrFN3O/c1-3-10-24-16-9-5-8-15(21)18(16)22-17(24)12-23(2)19(25)13-6-4-7-14(20)11-13/h4-9,11H,3,10,12H2,1-2H3. The van der Waals surface area contributed by atoms with E-state index in [-0.39, 0.29) is 11.7 Å². The van der Waals surface area contributed by atoms with Crippen molar-refractivity contribution in [2.45, 2.75) is 26.4 Å². The fourth-order valence-electron chi connectivity index (χ4n) is 2.88. The number of hydrogen-bond donors (Lipinski definition) is 0. The molecule has 0 saturated carbocycles. The highest BCUT2D eigenvalue weighted by Crippen LogP contribution is 2.21. The van der Waals surface area contributed by atoms with Crippen LogP contribution in [0.2, 0.25) is 0 Å². The van der Waals surface area contributed by atoms with Gasteiger partial charge in [0.05, 0.1) is 12.1 Å². The Morgan fingerprint density at radius 2 is 2.04 bits per heavy atom. The molecule has 2 aromatic carbocycles. The SMILES string of the molecule is CCCn1c(CN(C)C(=O)c2cccc(Br)c2)nc2c(F)cccc21. The summed E-state index contributed by atoms with van der Waals surface area (Å²) in [5.74, 6) is 0.249. The van der Waals surface area contributed by atoms with Crippen LogP contribution < -0.4 is 0 Å². The number of benzene rings is 2. The zero-order chi connectivity index (χ0) is 18.0. The number of aryl methyl sites for hydroxylation is 1. The van der Waals surface area contributed by atoms with Crippen molar-refractivity contribution in [1.29, 1.82) is 0 Å². The van der Waals surface area contributed by atoms with Crippen molar-refractivity contribution in [1.82, 2.24) is 14.5 Å². The quantitative estimate of drug-likeness (QED) is 0.623. The minimum Gasteiger partial charge on any atom is -0.334 e. The molecule has 0 saturated heterocycles. The average molecular weight is 404 g/mol. The monoisotopic (exact) mass is 403 g/mol. The van der Waals surface area contributed by atoms with E-state index in [0.717, 1.165) is 23.0 Å². The first-order valence-electron chi connectivity index (χ1n) is 8.16. The maximum absolute atomic E-state index is 14.1. The predicted molar refractivity (Wildman–Crippen MR) is 99.9 cm³/mol. The van der Waals surface area contributed by atoms with Crippen molar-refractivity contribution in [3.05, 3.63) is 64.1 Å². The summed E-state index contributed by atoms with van der Waals surface area (Å²) in [6.45, 7) is 3.11. The molecule has 0 aliphatic heterocycles. The molecular formula is C19H19BrFN3O. The number of imidazole rings is 1. The summed E-state index contributed by atoms with van der Waals surface area (Å²) in [6, 6.07) is 12.2. The average Bonchev–Trinajstić information content (AvgIpc) is 2.94. The number of nitrogens with zero attached hydrogens (tertiary/aromatic N) is 3. The van der Waals surface area contributed by atoms with Gasteiger partial charge >= 0.3 is 0 Å². The second-order valence-corrected chi connectivity index (χ2v) is 6.87. The van der Waals surface area contributed by atoms with Crippen LogP contribution in [0.4, 0.5) is 4.39 Å². The van der Waals surface area contributed by atoms with Crippen LogP contribution in [0, 0.1) is 5.82 Å². The number of carbonyl (C=O) groups excluding carboxylic acids is 1. The van der Waals surface area contributed by atoms with E-state index in [0.29, 0.717) is 23.4 Å². The van der Waals surface area contributed by atoms with Crippen LogP contribution in [0.3, 0.4) is 0 Å². The molecule has 3 rings (SSSR count). The first-order chi connectivity index (χ1) is 12.0. The molecule has 0 aliphatic rings. The maximum atomic E-state index is 14.1. The molecule has 130 valence electrons. The number of halogens is 2. The summed E-state index contributed by atoms with van der Waals surface area (Å²) in [6.07, 6.45) is 0.901. The van der Waals surface area contributed by atoms with Crippen molar-refractivity contribution >= 4 is 32.9 Å². The van der Waals surface area contributed by atoms with Crippen molar-refractivity contribution in [3.63, 3.8) is 0 Å². The number of para-hydroxylation sites is 1. The van der Waals surface area contributed by atoms with Gasteiger partial charge in [0.15, 0.2) is 5.82 Å². The maximum Gasteiger partial charge on any atom is 0.254 e. The van der Waals surface area contributed by atoms with Crippen molar-refractivity contribution in [2.75, 3.05) is 7.05 Å². The van der Waals surface area contributed by atoms with Gasteiger partial charge in [0, 0.05) is 23.6 Å². The van der Waals surface area contributed by atoms with Crippen LogP contribution in [0.5, 0.6) is 0 Å². The van der Waals surface area contributed by atoms with E-state index in [9.17, 15) is 9.18 Å². The third-order valence-electron chi connectivity index (χ3n) is 4.05. The smallest absolute Gasteiger partial charge is 0.254 e. The Morgan fingerprint density at radius 1 is 1.28 bits per heavy atom. The van der Waals surface area contributed by atoms with Crippen LogP contribution in [-0.2, 0) is 13.1 Å². The molecule has 4 nitrogen and oxygen atoms in total. The van der Waals surface area contributed by atoms with E-state index >= 15 is 0 Å². The molecule has 0 aliphatic carbocycles. The van der Waals surface area contributed by atoms with Gasteiger partial charge in [-0.15, -0.1) is 0 Å². The molecule has 0 N–H and O–H groups in total. The number of hydrogen-bond acceptors (Lipinski definition) is 2. The number of carbonyl (C=O) groups is 1. The lowest BCUT2D eigenvalue weighted by Crippen LogP contribution is -2.27. The largest absolute Gasteiger partial charge is 0.334 e. The minimum absolute atomic E-state index is 0.100. The number of fused-ring (bicyclic) bond motifs is 1. The first-order valence-corrected chi connectivity index (χ1v) is 8.95. The second kappa shape index (κ2) is 7.35. The lowest BCUT2D eigenvalue weighted by atomic mass is 10.2. The van der Waals surface area contributed by atoms with Gasteiger partial charge in [-0.1, -0.05) is 35.0 Å². The summed E-state index contributed by atoms with van der Waals surface area (Å²) in [4.78, 5) is 18.7. The Labute approximate surface area is 154 Å². The molecule has 0 radical (unpaired) electrons. The zero-order valence-corrected chi connectivity index (χ0v) is 15.8. The molecule has 6 heteroatoms. The number of amides is 1. The van der Waals surface area contributed by atoms with Gasteiger partial charge < -0.3 is 9.47 Å². The van der Waals surface area contributed by atoms with E-state index in [1.165, 1.54) is 6.07 Å². The molecule has 1 amide bonds. The van der Waals surface area contributed by atoms with Crippen molar-refractivity contribution in [2.24, 2.45) is 0 Å². The van der Waals surface area contributed by atoms with Gasteiger partial charge in [-0.3, -0.25) is 4.79 Å². The Kier molecular flexibility index (Phi) is 5.18. The first kappa shape index (κ1) is 17.6. The Morgan fingerprint density at radius 3 is 2.76 bits per heavy atom. The topological polar surface area (TPSA) is 38.1 Å². The van der Waals surface area contributed by atoms with E-state index in [4.69, 9.17) is 0 Å². The highest BCUT2D eigenvalue weighted by molar-refractivity contribution is 9.10. The number of rotatable bonds is 5. The van der Waals surface area contributed by atoms with Crippen LogP contribution >= 0.6 is 15.9 Å².